The summed E-state index contributed by atoms with van der Waals surface area (Å²) in [4.78, 5) is 0. The van der Waals surface area contributed by atoms with Crippen LogP contribution >= 0.6 is 0 Å². The first-order valence-corrected chi connectivity index (χ1v) is 13.4. The van der Waals surface area contributed by atoms with Crippen molar-refractivity contribution < 1.29 is 26.3 Å². The van der Waals surface area contributed by atoms with Gasteiger partial charge in [-0.05, 0) is 52.4 Å². The summed E-state index contributed by atoms with van der Waals surface area (Å²) in [5.41, 5.74) is -3.10. The van der Waals surface area contributed by atoms with Crippen molar-refractivity contribution in [1.29, 1.82) is 21.0 Å². The van der Waals surface area contributed by atoms with Gasteiger partial charge in [-0.15, -0.1) is 0 Å². The number of fused-ring (bicyclic) bond motifs is 5. The highest BCUT2D eigenvalue weighted by Gasteiger charge is 2.30. The number of nitriles is 4. The van der Waals surface area contributed by atoms with Crippen molar-refractivity contribution in [2.75, 3.05) is 0 Å². The molecule has 0 unspecified atom stereocenters. The second-order valence-electron chi connectivity index (χ2n) is 10.4. The van der Waals surface area contributed by atoms with Crippen molar-refractivity contribution >= 4 is 65.0 Å². The van der Waals surface area contributed by atoms with E-state index < -0.39 is 62.2 Å². The first kappa shape index (κ1) is 29.7. The highest BCUT2D eigenvalue weighted by Crippen LogP contribution is 2.49. The molecule has 6 aromatic carbocycles. The van der Waals surface area contributed by atoms with Crippen molar-refractivity contribution in [2.45, 2.75) is 13.8 Å². The molecule has 0 amide bonds. The van der Waals surface area contributed by atoms with Crippen LogP contribution in [0.3, 0.4) is 0 Å². The van der Waals surface area contributed by atoms with Crippen LogP contribution in [0, 0.1) is 62.8 Å². The van der Waals surface area contributed by atoms with Crippen LogP contribution in [0.15, 0.2) is 66.0 Å². The summed E-state index contributed by atoms with van der Waals surface area (Å²) in [5, 5.41) is 39.5. The fourth-order valence-electron chi connectivity index (χ4n) is 6.35. The molecule has 0 aliphatic rings. The van der Waals surface area contributed by atoms with Gasteiger partial charge in [-0.3, -0.25) is 0 Å². The molecule has 46 heavy (non-hydrogen) atoms. The van der Waals surface area contributed by atoms with Gasteiger partial charge < -0.3 is 0 Å². The molecule has 0 radical (unpaired) electrons. The van der Waals surface area contributed by atoms with Crippen molar-refractivity contribution in [3.8, 4) is 24.3 Å². The largest absolute Gasteiger partial charge is 0.215 e. The predicted octanol–water partition coefficient (Wildman–Crippen LogP) is 9.40. The summed E-state index contributed by atoms with van der Waals surface area (Å²) in [7, 11) is 0. The zero-order valence-electron chi connectivity index (χ0n) is 23.7. The molecular weight excluding hydrogens is 602 g/mol. The number of halogens is 6. The number of benzene rings is 3. The highest BCUT2D eigenvalue weighted by atomic mass is 19.2. The second-order valence-corrected chi connectivity index (χ2v) is 10.4. The Morgan fingerprint density at radius 1 is 0.652 bits per heavy atom. The van der Waals surface area contributed by atoms with Crippen molar-refractivity contribution in [2.24, 2.45) is 0 Å². The molecule has 0 aliphatic carbocycles. The fraction of sp³-hybridized carbons (Fsp3) is 0.0556. The Bertz CT molecular complexity index is 2710. The van der Waals surface area contributed by atoms with Crippen molar-refractivity contribution in [3.05, 3.63) is 105 Å². The van der Waals surface area contributed by atoms with Gasteiger partial charge in [0.15, 0.2) is 17.5 Å². The summed E-state index contributed by atoms with van der Waals surface area (Å²) < 4.78 is 91.1. The van der Waals surface area contributed by atoms with E-state index in [9.17, 15) is 29.8 Å². The molecule has 0 saturated heterocycles. The Kier molecular flexibility index (Phi) is 6.89. The molecule has 0 N–H and O–H groups in total. The molecule has 0 saturated carbocycles. The van der Waals surface area contributed by atoms with Crippen LogP contribution in [-0.4, -0.2) is 0 Å². The molecule has 6 rings (SSSR count). The summed E-state index contributed by atoms with van der Waals surface area (Å²) in [6.07, 6.45) is 0.444. The van der Waals surface area contributed by atoms with Crippen LogP contribution < -0.4 is 5.22 Å². The summed E-state index contributed by atoms with van der Waals surface area (Å²) in [5.74, 6) is -7.09. The van der Waals surface area contributed by atoms with Crippen LogP contribution in [0.25, 0.3) is 65.0 Å². The topological polar surface area (TPSA) is 95.2 Å². The Morgan fingerprint density at radius 3 is 1.87 bits per heavy atom. The zero-order chi connectivity index (χ0) is 33.2. The molecule has 0 aromatic heterocycles. The third-order valence-electron chi connectivity index (χ3n) is 8.19. The minimum atomic E-state index is -1.74. The molecule has 10 heteroatoms. The highest BCUT2D eigenvalue weighted by molar-refractivity contribution is 6.42. The van der Waals surface area contributed by atoms with Gasteiger partial charge in [0, 0.05) is 43.3 Å². The average molecular weight is 617 g/mol. The third kappa shape index (κ3) is 3.78. The maximum atomic E-state index is 16.0. The van der Waals surface area contributed by atoms with Gasteiger partial charge in [-0.1, -0.05) is 36.4 Å². The second kappa shape index (κ2) is 10.7. The average Bonchev–Trinajstić information content (AvgIpc) is 3.51. The number of allylic oxidation sites excluding steroid dienone is 5. The summed E-state index contributed by atoms with van der Waals surface area (Å²) in [6.45, 7) is 2.41. The van der Waals surface area contributed by atoms with E-state index in [1.165, 1.54) is 49.4 Å². The first-order chi connectivity index (χ1) is 22.1. The van der Waals surface area contributed by atoms with Crippen LogP contribution in [0.4, 0.5) is 26.3 Å². The quantitative estimate of drug-likeness (QED) is 0.0857. The van der Waals surface area contributed by atoms with Gasteiger partial charge in [0.25, 0.3) is 0 Å². The molecule has 0 spiro atoms. The van der Waals surface area contributed by atoms with Gasteiger partial charge in [0.05, 0.1) is 23.5 Å². The van der Waals surface area contributed by atoms with E-state index in [2.05, 4.69) is 6.07 Å². The molecule has 0 aliphatic heterocycles. The number of hydrogen-bond acceptors (Lipinski definition) is 4. The van der Waals surface area contributed by atoms with Gasteiger partial charge in [0.1, 0.15) is 35.4 Å². The molecule has 4 nitrogen and oxygen atoms in total. The van der Waals surface area contributed by atoms with Crippen LogP contribution in [0.1, 0.15) is 30.5 Å². The monoisotopic (exact) mass is 616 g/mol. The molecule has 0 heterocycles. The van der Waals surface area contributed by atoms with E-state index in [0.717, 1.165) is 6.92 Å². The fourth-order valence-corrected chi connectivity index (χ4v) is 6.35. The normalized spacial score (nSPS) is 13.7. The number of rotatable bonds is 3. The van der Waals surface area contributed by atoms with E-state index in [1.807, 2.05) is 6.07 Å². The molecule has 6 aromatic rings. The van der Waals surface area contributed by atoms with Crippen LogP contribution in [0.2, 0.25) is 0 Å². The molecule has 220 valence electrons. The molecule has 0 bridgehead atoms. The van der Waals surface area contributed by atoms with E-state index >= 15 is 17.6 Å². The zero-order valence-corrected chi connectivity index (χ0v) is 23.7. The van der Waals surface area contributed by atoms with Crippen LogP contribution in [-0.2, 0) is 0 Å². The maximum Gasteiger partial charge on any atom is 0.180 e. The lowest BCUT2D eigenvalue weighted by molar-refractivity contribution is 0.502. The number of hydrogen-bond donors (Lipinski definition) is 0. The minimum Gasteiger partial charge on any atom is -0.215 e. The smallest absolute Gasteiger partial charge is 0.180 e. The Labute approximate surface area is 255 Å². The van der Waals surface area contributed by atoms with Crippen LogP contribution in [0.5, 0.6) is 0 Å². The third-order valence-corrected chi connectivity index (χ3v) is 8.19. The van der Waals surface area contributed by atoms with Crippen molar-refractivity contribution in [3.63, 3.8) is 0 Å². The Morgan fingerprint density at radius 2 is 1.28 bits per heavy atom. The van der Waals surface area contributed by atoms with Gasteiger partial charge in [0.2, 0.25) is 0 Å². The standard InChI is InChI=1S/C36H14F6N4/c1-15(11-43)26-19-6-4-8-21-28(19)33-29(23(13-45)31-30(21)36(42)35(41)24(14-46)34(31)40)20-7-3-5-18(27(20)32(26)33)22(10-37)25(39)9-17(12-44)16(2)38/h3-10H,1-2H3/b17-16-,22-10+,25-9+,26-15+. The SMILES string of the molecule is C\C(F)=C(C#N)/C=C(F)\C(=C\F)c1cccc2c1c1/c(=C(\C)C#N)c3cccc4c5c(F)c(F)c(C#N)c(F)c5c(C#N)c2c1c34. The first-order valence-electron chi connectivity index (χ1n) is 13.4. The van der Waals surface area contributed by atoms with Gasteiger partial charge >= 0.3 is 0 Å². The minimum absolute atomic E-state index is 0.0103. The van der Waals surface area contributed by atoms with Gasteiger partial charge in [-0.25, -0.2) is 26.3 Å². The summed E-state index contributed by atoms with van der Waals surface area (Å²) in [6, 6.07) is 15.4. The van der Waals surface area contributed by atoms with E-state index in [-0.39, 0.29) is 60.4 Å². The summed E-state index contributed by atoms with van der Waals surface area (Å²) >= 11 is 0. The lowest BCUT2D eigenvalue weighted by Crippen LogP contribution is -2.02. The molecule has 0 atom stereocenters. The Balaban J connectivity index is 2.04. The lowest BCUT2D eigenvalue weighted by Gasteiger charge is -2.08. The van der Waals surface area contributed by atoms with Gasteiger partial charge in [-0.2, -0.15) is 21.0 Å². The predicted molar refractivity (Wildman–Crippen MR) is 162 cm³/mol. The van der Waals surface area contributed by atoms with Crippen molar-refractivity contribution in [1.82, 2.24) is 0 Å². The van der Waals surface area contributed by atoms with E-state index in [1.54, 1.807) is 6.07 Å². The molecule has 0 fully saturated rings. The number of nitrogens with zero attached hydrogens (tertiary/aromatic N) is 4. The van der Waals surface area contributed by atoms with E-state index in [0.29, 0.717) is 11.5 Å². The maximum absolute atomic E-state index is 16.0. The van der Waals surface area contributed by atoms with E-state index in [4.69, 9.17) is 0 Å². The molecular formula is C36H14F6N4. The lowest BCUT2D eigenvalue weighted by atomic mass is 9.96. The Hall–Kier alpha value is -6.36.